The summed E-state index contributed by atoms with van der Waals surface area (Å²) in [4.78, 5) is 21.8. The van der Waals surface area contributed by atoms with Gasteiger partial charge in [-0.1, -0.05) is 56.3 Å². The van der Waals surface area contributed by atoms with Crippen LogP contribution in [0, 0.1) is 16.7 Å². The van der Waals surface area contributed by atoms with E-state index in [1.165, 1.54) is 31.3 Å². The van der Waals surface area contributed by atoms with E-state index < -0.39 is 6.10 Å². The van der Waals surface area contributed by atoms with Crippen molar-refractivity contribution < 1.29 is 15.3 Å². The lowest BCUT2D eigenvalue weighted by molar-refractivity contribution is -0.386. The molecule has 270 valence electrons. The molecule has 0 atom stereocenters. The molecule has 1 saturated heterocycles. The van der Waals surface area contributed by atoms with Crippen LogP contribution in [0.2, 0.25) is 0 Å². The largest absolute Gasteiger partial charge is 0.405 e. The van der Waals surface area contributed by atoms with Gasteiger partial charge in [-0.25, -0.2) is 19.9 Å². The number of anilines is 4. The average Bonchev–Trinajstić information content (AvgIpc) is 3.81. The highest BCUT2D eigenvalue weighted by Crippen LogP contribution is 2.42. The van der Waals surface area contributed by atoms with Crippen LogP contribution in [0.25, 0.3) is 11.4 Å². The number of likely N-dealkylation sites (tertiary alicyclic amines) is 1. The maximum absolute atomic E-state index is 9.46. The Morgan fingerprint density at radius 3 is 2.46 bits per heavy atom. The molecule has 2 aliphatic rings. The smallest absolute Gasteiger partial charge is 0.367 e. The first-order valence-corrected chi connectivity index (χ1v) is 17.0. The number of hydrogen-bond donors (Lipinski definition) is 6. The third-order valence-electron chi connectivity index (χ3n) is 8.40. The Morgan fingerprint density at radius 2 is 1.83 bits per heavy atom. The van der Waals surface area contributed by atoms with Gasteiger partial charge in [0.15, 0.2) is 11.7 Å². The number of rotatable bonds is 10. The van der Waals surface area contributed by atoms with E-state index in [-0.39, 0.29) is 23.4 Å². The van der Waals surface area contributed by atoms with E-state index in [0.29, 0.717) is 39.2 Å². The van der Waals surface area contributed by atoms with Gasteiger partial charge in [0.25, 0.3) is 0 Å². The van der Waals surface area contributed by atoms with Crippen molar-refractivity contribution >= 4 is 35.1 Å². The minimum absolute atomic E-state index is 0.0447. The number of nitrogens with one attached hydrogen (secondary N) is 3. The Kier molecular flexibility index (Phi) is 12.2. The standard InChI is InChI=1S/C32H33N13O3.C4H10/c1-3-13-36-29(34)20(2)30-40-25-9-8-24(26-18-37-45(42-26)32(46,47)48)39-31(25)44(30)23-6-4-21(5-7-23)19-43-15-11-22(12-16-43)38-27-10-14-35-28(17-33)41-27;1-3-4-2/h3-10,13-14,18,22,34,40,46-48H,1,11-12,15-16,19H2,2H3,(H,35,38,41);3-4H2,1-2H3/b30-20+,34-29?,36-13?;. The maximum Gasteiger partial charge on any atom is 0.405 e. The first kappa shape index (κ1) is 37.4. The quantitative estimate of drug-likeness (QED) is 0.0763. The highest BCUT2D eigenvalue weighted by molar-refractivity contribution is 6.04. The second-order valence-corrected chi connectivity index (χ2v) is 12.2. The topological polar surface area (TPSA) is 221 Å². The minimum Gasteiger partial charge on any atom is -0.367 e. The van der Waals surface area contributed by atoms with Crippen LogP contribution < -0.4 is 15.5 Å². The molecule has 1 aromatic carbocycles. The fourth-order valence-corrected chi connectivity index (χ4v) is 5.47. The van der Waals surface area contributed by atoms with E-state index in [1.807, 2.05) is 23.1 Å². The van der Waals surface area contributed by atoms with Crippen molar-refractivity contribution in [1.82, 2.24) is 34.8 Å². The molecule has 6 rings (SSSR count). The fourth-order valence-electron chi connectivity index (χ4n) is 5.47. The predicted molar refractivity (Wildman–Crippen MR) is 198 cm³/mol. The van der Waals surface area contributed by atoms with Crippen LogP contribution in [0.4, 0.5) is 23.0 Å². The summed E-state index contributed by atoms with van der Waals surface area (Å²) < 4.78 is 0. The number of aliphatic imine (C=N–C) groups is 1. The zero-order chi connectivity index (χ0) is 37.3. The van der Waals surface area contributed by atoms with Gasteiger partial charge in [0, 0.05) is 49.3 Å². The van der Waals surface area contributed by atoms with E-state index >= 15 is 0 Å². The number of nitriles is 1. The van der Waals surface area contributed by atoms with Gasteiger partial charge < -0.3 is 26.0 Å². The zero-order valence-electron chi connectivity index (χ0n) is 29.4. The average molecular weight is 706 g/mol. The maximum atomic E-state index is 9.46. The molecular weight excluding hydrogens is 662 g/mol. The molecule has 0 unspecified atom stereocenters. The number of benzene rings is 1. The van der Waals surface area contributed by atoms with Gasteiger partial charge in [0.2, 0.25) is 5.82 Å². The molecule has 0 saturated carbocycles. The van der Waals surface area contributed by atoms with Crippen molar-refractivity contribution in [1.29, 1.82) is 10.7 Å². The summed E-state index contributed by atoms with van der Waals surface area (Å²) in [5, 5.41) is 60.4. The van der Waals surface area contributed by atoms with Gasteiger partial charge in [-0.2, -0.15) is 10.4 Å². The summed E-state index contributed by atoms with van der Waals surface area (Å²) in [6, 6.07) is 15.6. The second-order valence-electron chi connectivity index (χ2n) is 12.2. The number of aromatic nitrogens is 6. The Labute approximate surface area is 302 Å². The second kappa shape index (κ2) is 16.9. The molecule has 16 heteroatoms. The molecule has 0 spiro atoms. The molecular formula is C36H43N13O3. The van der Waals surface area contributed by atoms with E-state index in [9.17, 15) is 15.3 Å². The molecule has 52 heavy (non-hydrogen) atoms. The summed E-state index contributed by atoms with van der Waals surface area (Å²) in [7, 11) is 0. The van der Waals surface area contributed by atoms with Crippen LogP contribution in [-0.4, -0.2) is 81.3 Å². The van der Waals surface area contributed by atoms with Crippen molar-refractivity contribution in [2.75, 3.05) is 28.6 Å². The molecule has 0 amide bonds. The Morgan fingerprint density at radius 1 is 1.10 bits per heavy atom. The van der Waals surface area contributed by atoms with Crippen LogP contribution in [0.1, 0.15) is 57.8 Å². The van der Waals surface area contributed by atoms with Crippen molar-refractivity contribution in [3.8, 4) is 17.5 Å². The van der Waals surface area contributed by atoms with Crippen LogP contribution in [0.3, 0.4) is 0 Å². The number of unbranched alkanes of at least 4 members (excludes halogenated alkanes) is 1. The minimum atomic E-state index is -3.25. The number of fused-ring (bicyclic) bond motifs is 1. The Hall–Kier alpha value is -5.86. The summed E-state index contributed by atoms with van der Waals surface area (Å²) in [6.07, 6.45) is 7.06. The summed E-state index contributed by atoms with van der Waals surface area (Å²) in [6.45, 7) is 12.4. The Bertz CT molecular complexity index is 1970. The number of amidine groups is 1. The van der Waals surface area contributed by atoms with E-state index in [2.05, 4.69) is 73.3 Å². The monoisotopic (exact) mass is 705 g/mol. The third kappa shape index (κ3) is 9.08. The van der Waals surface area contributed by atoms with Crippen molar-refractivity contribution in [3.05, 3.63) is 90.3 Å². The van der Waals surface area contributed by atoms with Gasteiger partial charge in [-0.15, -0.1) is 5.10 Å². The van der Waals surface area contributed by atoms with Crippen molar-refractivity contribution in [3.63, 3.8) is 0 Å². The molecule has 0 radical (unpaired) electrons. The van der Waals surface area contributed by atoms with E-state index in [0.717, 1.165) is 43.7 Å². The van der Waals surface area contributed by atoms with Gasteiger partial charge in [-0.05, 0) is 55.7 Å². The predicted octanol–water partition coefficient (Wildman–Crippen LogP) is 4.46. The summed E-state index contributed by atoms with van der Waals surface area (Å²) in [5.74, 6) is 1.97. The van der Waals surface area contributed by atoms with Crippen LogP contribution in [0.5, 0.6) is 0 Å². The molecule has 3 aromatic heterocycles. The number of pyridine rings is 1. The van der Waals surface area contributed by atoms with Crippen molar-refractivity contribution in [2.45, 2.75) is 65.1 Å². The lowest BCUT2D eigenvalue weighted by atomic mass is 10.0. The molecule has 5 heterocycles. The first-order valence-electron chi connectivity index (χ1n) is 17.0. The number of aliphatic hydroxyl groups is 3. The highest BCUT2D eigenvalue weighted by Gasteiger charge is 2.31. The third-order valence-corrected chi connectivity index (χ3v) is 8.40. The van der Waals surface area contributed by atoms with Gasteiger partial charge in [-0.3, -0.25) is 15.2 Å². The van der Waals surface area contributed by atoms with Crippen LogP contribution >= 0.6 is 0 Å². The van der Waals surface area contributed by atoms with Crippen molar-refractivity contribution in [2.24, 2.45) is 4.99 Å². The Balaban J connectivity index is 0.00000124. The summed E-state index contributed by atoms with van der Waals surface area (Å²) >= 11 is 0. The SMILES string of the molecule is C=CC=NC(=N)/C(C)=C1\Nc2ccc(-c3cnn(C(O)(O)O)n3)nc2N1c1ccc(CN2CCC(Nc3ccnc(C#N)n3)CC2)cc1.CCCC. The molecule has 16 nitrogen and oxygen atoms in total. The fraction of sp³-hybridized carbons (Fsp3) is 0.333. The zero-order valence-corrected chi connectivity index (χ0v) is 29.4. The number of allylic oxidation sites excluding steroid dienone is 1. The number of nitrogens with zero attached hydrogens (tertiary/aromatic N) is 10. The molecule has 6 N–H and O–H groups in total. The number of hydrogen-bond acceptors (Lipinski definition) is 14. The van der Waals surface area contributed by atoms with E-state index in [1.54, 1.807) is 31.3 Å². The molecule has 2 aliphatic heterocycles. The lowest BCUT2D eigenvalue weighted by Gasteiger charge is -2.32. The molecule has 1 fully saturated rings. The van der Waals surface area contributed by atoms with Gasteiger partial charge >= 0.3 is 6.10 Å². The van der Waals surface area contributed by atoms with Crippen LogP contribution in [-0.2, 0) is 12.6 Å². The highest BCUT2D eigenvalue weighted by atomic mass is 16.7. The number of piperidine rings is 1. The van der Waals surface area contributed by atoms with Gasteiger partial charge in [0.05, 0.1) is 17.6 Å². The van der Waals surface area contributed by atoms with E-state index in [4.69, 9.17) is 15.7 Å². The molecule has 4 aromatic rings. The first-order chi connectivity index (χ1) is 25.0. The normalized spacial score (nSPS) is 15.7. The summed E-state index contributed by atoms with van der Waals surface area (Å²) in [5.41, 5.74) is 3.74. The molecule has 0 bridgehead atoms. The lowest BCUT2D eigenvalue weighted by Crippen LogP contribution is -2.38. The molecule has 0 aliphatic carbocycles. The van der Waals surface area contributed by atoms with Crippen LogP contribution in [0.15, 0.2) is 83.9 Å². The van der Waals surface area contributed by atoms with Gasteiger partial charge in [0.1, 0.15) is 23.4 Å².